The van der Waals surface area contributed by atoms with Gasteiger partial charge in [-0.3, -0.25) is 0 Å². The molecule has 0 N–H and O–H groups in total. The first-order valence-corrected chi connectivity index (χ1v) is 8.17. The number of nitrogens with zero attached hydrogens (tertiary/aromatic N) is 1. The second kappa shape index (κ2) is 9.50. The first kappa shape index (κ1) is 26.1. The SMILES string of the molecule is CC(=Nc1c(F)c(F)c(F)c(F)c1F)c1cccc(C(C)(C)C)[c]1[Ti].Cl.Cl. The molecule has 2 aromatic rings. The molecular weight excluding hydrogens is 444 g/mol. The van der Waals surface area contributed by atoms with E-state index in [1.54, 1.807) is 12.1 Å². The van der Waals surface area contributed by atoms with Gasteiger partial charge < -0.3 is 0 Å². The molecule has 0 atom stereocenters. The van der Waals surface area contributed by atoms with Gasteiger partial charge in [-0.25, -0.2) is 0 Å². The Morgan fingerprint density at radius 3 is 1.74 bits per heavy atom. The minimum atomic E-state index is -2.20. The maximum Gasteiger partial charge on any atom is -0.147 e. The van der Waals surface area contributed by atoms with E-state index < -0.39 is 34.8 Å². The number of aliphatic imine (C=N–C) groups is 1. The Morgan fingerprint density at radius 1 is 0.852 bits per heavy atom. The average Bonchev–Trinajstić information content (AvgIpc) is 2.54. The van der Waals surface area contributed by atoms with Gasteiger partial charge in [0.05, 0.1) is 0 Å². The molecule has 0 aliphatic carbocycles. The van der Waals surface area contributed by atoms with Crippen LogP contribution in [0.25, 0.3) is 0 Å². The fourth-order valence-corrected chi connectivity index (χ4v) is 3.53. The van der Waals surface area contributed by atoms with E-state index in [4.69, 9.17) is 0 Å². The van der Waals surface area contributed by atoms with Gasteiger partial charge in [0.1, 0.15) is 0 Å². The van der Waals surface area contributed by atoms with E-state index in [9.17, 15) is 22.0 Å². The zero-order valence-corrected chi connectivity index (χ0v) is 18.1. The first-order valence-electron chi connectivity index (χ1n) is 7.39. The van der Waals surface area contributed by atoms with E-state index >= 15 is 0 Å². The summed E-state index contributed by atoms with van der Waals surface area (Å²) in [7, 11) is 0. The summed E-state index contributed by atoms with van der Waals surface area (Å²) in [6, 6.07) is 5.38. The summed E-state index contributed by atoms with van der Waals surface area (Å²) in [6.07, 6.45) is 0. The van der Waals surface area contributed by atoms with Crippen molar-refractivity contribution in [1.82, 2.24) is 0 Å². The summed E-state index contributed by atoms with van der Waals surface area (Å²) >= 11 is 1.83. The fraction of sp³-hybridized carbons (Fsp3) is 0.278. The van der Waals surface area contributed by atoms with Crippen LogP contribution in [0, 0.1) is 29.1 Å². The Labute approximate surface area is 178 Å². The predicted molar refractivity (Wildman–Crippen MR) is 97.4 cm³/mol. The minimum absolute atomic E-state index is 0. The zero-order chi connectivity index (χ0) is 19.1. The number of halogens is 7. The van der Waals surface area contributed by atoms with Crippen LogP contribution < -0.4 is 3.87 Å². The van der Waals surface area contributed by atoms with Crippen molar-refractivity contribution in [3.05, 3.63) is 58.4 Å². The van der Waals surface area contributed by atoms with E-state index in [-0.39, 0.29) is 35.9 Å². The van der Waals surface area contributed by atoms with Crippen molar-refractivity contribution in [3.8, 4) is 0 Å². The Bertz CT molecular complexity index is 850. The van der Waals surface area contributed by atoms with Gasteiger partial charge in [-0.1, -0.05) is 0 Å². The predicted octanol–water partition coefficient (Wildman–Crippen LogP) is 5.84. The summed E-state index contributed by atoms with van der Waals surface area (Å²) in [5.41, 5.74) is 0.375. The largest absolute Gasteiger partial charge is 0.147 e. The molecule has 9 heteroatoms. The molecule has 0 amide bonds. The smallest absolute Gasteiger partial charge is 0.147 e. The number of hydrogen-bond acceptors (Lipinski definition) is 1. The normalized spacial score (nSPS) is 11.6. The molecule has 2 aromatic carbocycles. The topological polar surface area (TPSA) is 12.4 Å². The maximum atomic E-state index is 13.8. The van der Waals surface area contributed by atoms with Crippen LogP contribution in [0.5, 0.6) is 0 Å². The maximum absolute atomic E-state index is 13.8. The first-order chi connectivity index (χ1) is 11.5. The summed E-state index contributed by atoms with van der Waals surface area (Å²) in [6.45, 7) is 7.49. The van der Waals surface area contributed by atoms with Gasteiger partial charge in [0.2, 0.25) is 0 Å². The van der Waals surface area contributed by atoms with Crippen molar-refractivity contribution in [2.75, 3.05) is 0 Å². The van der Waals surface area contributed by atoms with E-state index in [1.165, 1.54) is 6.92 Å². The average molecular weight is 461 g/mol. The zero-order valence-electron chi connectivity index (χ0n) is 14.9. The third-order valence-corrected chi connectivity index (χ3v) is 4.57. The van der Waals surface area contributed by atoms with Crippen LogP contribution in [-0.2, 0) is 25.9 Å². The summed E-state index contributed by atoms with van der Waals surface area (Å²) in [5.74, 6) is -10.1. The van der Waals surface area contributed by atoms with E-state index in [1.807, 2.05) is 47.3 Å². The molecule has 0 saturated carbocycles. The Kier molecular flexibility index (Phi) is 9.17. The van der Waals surface area contributed by atoms with Gasteiger partial charge in [0.15, 0.2) is 0 Å². The van der Waals surface area contributed by atoms with Crippen LogP contribution in [-0.4, -0.2) is 5.71 Å². The van der Waals surface area contributed by atoms with Gasteiger partial charge in [-0.15, -0.1) is 24.8 Å². The Balaban J connectivity index is 0.00000338. The van der Waals surface area contributed by atoms with Crippen LogP contribution in [0.15, 0.2) is 23.2 Å². The molecule has 0 fully saturated rings. The summed E-state index contributed by atoms with van der Waals surface area (Å²) in [5, 5.41) is 0. The molecule has 0 aliphatic heterocycles. The molecule has 0 radical (unpaired) electrons. The van der Waals surface area contributed by atoms with E-state index in [2.05, 4.69) is 4.99 Å². The summed E-state index contributed by atoms with van der Waals surface area (Å²) in [4.78, 5) is 3.70. The molecule has 1 nitrogen and oxygen atoms in total. The molecule has 0 bridgehead atoms. The van der Waals surface area contributed by atoms with E-state index in [0.717, 1.165) is 9.43 Å². The molecule has 147 valence electrons. The Hall–Kier alpha value is -0.946. The molecule has 0 aromatic heterocycles. The van der Waals surface area contributed by atoms with Crippen molar-refractivity contribution >= 4 is 40.1 Å². The molecule has 0 spiro atoms. The third kappa shape index (κ3) is 5.11. The van der Waals surface area contributed by atoms with Gasteiger partial charge in [0, 0.05) is 0 Å². The van der Waals surface area contributed by atoms with Crippen molar-refractivity contribution in [2.24, 2.45) is 4.99 Å². The van der Waals surface area contributed by atoms with Gasteiger partial charge in [0.25, 0.3) is 0 Å². The van der Waals surface area contributed by atoms with Crippen LogP contribution in [0.1, 0.15) is 38.8 Å². The van der Waals surface area contributed by atoms with Gasteiger partial charge in [-0.2, -0.15) is 0 Å². The fourth-order valence-electron chi connectivity index (χ4n) is 2.40. The van der Waals surface area contributed by atoms with Gasteiger partial charge in [-0.05, 0) is 0 Å². The quantitative estimate of drug-likeness (QED) is 0.175. The molecule has 0 unspecified atom stereocenters. The molecule has 27 heavy (non-hydrogen) atoms. The minimum Gasteiger partial charge on any atom is -0.147 e. The van der Waals surface area contributed by atoms with Crippen LogP contribution in [0.4, 0.5) is 27.6 Å². The van der Waals surface area contributed by atoms with Gasteiger partial charge >= 0.3 is 154 Å². The monoisotopic (exact) mass is 460 g/mol. The van der Waals surface area contributed by atoms with Crippen molar-refractivity contribution in [1.29, 1.82) is 0 Å². The number of benzene rings is 2. The Morgan fingerprint density at radius 2 is 1.30 bits per heavy atom. The standard InChI is InChI=1S/C18H15F5N.2ClH.Ti/c1-9(10-6-5-7-11(8-10)18(2,3)4)24-17-15(22)13(20)12(19)14(21)16(17)23;;;/h5-7H,1-4H3;2*1H;. The van der Waals surface area contributed by atoms with Crippen molar-refractivity contribution in [2.45, 2.75) is 33.1 Å². The van der Waals surface area contributed by atoms with E-state index in [0.29, 0.717) is 5.56 Å². The second-order valence-corrected chi connectivity index (χ2v) is 7.37. The van der Waals surface area contributed by atoms with Crippen LogP contribution in [0.2, 0.25) is 0 Å². The summed E-state index contributed by atoms with van der Waals surface area (Å²) < 4.78 is 68.3. The molecule has 0 aliphatic rings. The van der Waals surface area contributed by atoms with Crippen LogP contribution >= 0.6 is 24.8 Å². The second-order valence-electron chi connectivity index (χ2n) is 6.59. The molecule has 2 rings (SSSR count). The molecule has 0 heterocycles. The van der Waals surface area contributed by atoms with Crippen molar-refractivity contribution in [3.63, 3.8) is 0 Å². The molecule has 0 saturated heterocycles. The molecular formula is C18H17Cl2F5NTi. The third-order valence-electron chi connectivity index (χ3n) is 3.73. The van der Waals surface area contributed by atoms with Crippen molar-refractivity contribution < 1.29 is 42.4 Å². The van der Waals surface area contributed by atoms with Crippen LogP contribution in [0.3, 0.4) is 0 Å². The number of rotatable bonds is 2. The number of hydrogen-bond donors (Lipinski definition) is 0.